The minimum absolute atomic E-state index is 0.00111. The average molecular weight is 218 g/mol. The number of carbonyl (C=O) groups excluding carboxylic acids is 1. The first-order chi connectivity index (χ1) is 7.81. The molecule has 2 rings (SSSR count). The van der Waals surface area contributed by atoms with Gasteiger partial charge in [0.05, 0.1) is 0 Å². The monoisotopic (exact) mass is 218 g/mol. The predicted molar refractivity (Wildman–Crippen MR) is 61.0 cm³/mol. The van der Waals surface area contributed by atoms with Crippen LogP contribution in [0.4, 0.5) is 5.82 Å². The molecule has 84 valence electrons. The number of anilines is 1. The fourth-order valence-electron chi connectivity index (χ4n) is 1.75. The lowest BCUT2D eigenvalue weighted by Gasteiger charge is -2.34. The molecular formula is C11H14N4O. The minimum Gasteiger partial charge on any atom is -0.352 e. The van der Waals surface area contributed by atoms with E-state index in [0.29, 0.717) is 13.1 Å². The smallest absolute Gasteiger partial charge is 0.246 e. The second-order valence-corrected chi connectivity index (χ2v) is 3.60. The average Bonchev–Trinajstić information content (AvgIpc) is 2.39. The fourth-order valence-corrected chi connectivity index (χ4v) is 1.75. The Morgan fingerprint density at radius 3 is 2.69 bits per heavy atom. The van der Waals surface area contributed by atoms with Crippen molar-refractivity contribution in [3.8, 4) is 0 Å². The third kappa shape index (κ3) is 2.18. The summed E-state index contributed by atoms with van der Waals surface area (Å²) in [6, 6.07) is 3.79. The van der Waals surface area contributed by atoms with Crippen molar-refractivity contribution in [2.75, 3.05) is 31.1 Å². The molecule has 0 aliphatic carbocycles. The van der Waals surface area contributed by atoms with Crippen LogP contribution in [0.1, 0.15) is 0 Å². The molecule has 1 amide bonds. The van der Waals surface area contributed by atoms with E-state index in [0.717, 1.165) is 18.9 Å². The molecule has 0 aromatic carbocycles. The highest BCUT2D eigenvalue weighted by molar-refractivity contribution is 5.87. The highest BCUT2D eigenvalue weighted by Crippen LogP contribution is 2.11. The second kappa shape index (κ2) is 4.74. The molecule has 0 unspecified atom stereocenters. The van der Waals surface area contributed by atoms with Gasteiger partial charge in [0.25, 0.3) is 0 Å². The Morgan fingerprint density at radius 1 is 1.38 bits per heavy atom. The van der Waals surface area contributed by atoms with Crippen LogP contribution in [0.3, 0.4) is 0 Å². The Hall–Kier alpha value is -1.91. The number of hydrogen-bond donors (Lipinski definition) is 0. The molecule has 1 saturated heterocycles. The highest BCUT2D eigenvalue weighted by Gasteiger charge is 2.19. The molecule has 1 fully saturated rings. The van der Waals surface area contributed by atoms with E-state index in [1.165, 1.54) is 6.08 Å². The summed E-state index contributed by atoms with van der Waals surface area (Å²) in [5.74, 6) is 0.868. The van der Waals surface area contributed by atoms with E-state index >= 15 is 0 Å². The van der Waals surface area contributed by atoms with Gasteiger partial charge in [-0.1, -0.05) is 6.58 Å². The lowest BCUT2D eigenvalue weighted by atomic mass is 10.3. The number of rotatable bonds is 2. The molecular weight excluding hydrogens is 204 g/mol. The van der Waals surface area contributed by atoms with Gasteiger partial charge in [-0.05, 0) is 18.2 Å². The summed E-state index contributed by atoms with van der Waals surface area (Å²) in [5, 5.41) is 7.89. The van der Waals surface area contributed by atoms with Crippen LogP contribution in [0.25, 0.3) is 0 Å². The van der Waals surface area contributed by atoms with E-state index in [2.05, 4.69) is 21.7 Å². The maximum absolute atomic E-state index is 11.4. The topological polar surface area (TPSA) is 49.3 Å². The van der Waals surface area contributed by atoms with E-state index in [1.54, 1.807) is 11.1 Å². The second-order valence-electron chi connectivity index (χ2n) is 3.60. The third-order valence-corrected chi connectivity index (χ3v) is 2.65. The first kappa shape index (κ1) is 10.6. The molecule has 1 aromatic rings. The van der Waals surface area contributed by atoms with Gasteiger partial charge in [0.2, 0.25) is 5.91 Å². The van der Waals surface area contributed by atoms with Crippen molar-refractivity contribution >= 4 is 11.7 Å². The summed E-state index contributed by atoms with van der Waals surface area (Å²) < 4.78 is 0. The van der Waals surface area contributed by atoms with E-state index in [-0.39, 0.29) is 5.91 Å². The number of piperazine rings is 1. The number of amides is 1. The van der Waals surface area contributed by atoms with Crippen molar-refractivity contribution in [1.82, 2.24) is 15.1 Å². The van der Waals surface area contributed by atoms with Crippen molar-refractivity contribution in [2.45, 2.75) is 0 Å². The first-order valence-electron chi connectivity index (χ1n) is 5.25. The van der Waals surface area contributed by atoms with Gasteiger partial charge in [-0.15, -0.1) is 5.10 Å². The zero-order valence-electron chi connectivity index (χ0n) is 9.04. The van der Waals surface area contributed by atoms with Gasteiger partial charge < -0.3 is 9.80 Å². The summed E-state index contributed by atoms with van der Waals surface area (Å²) in [6.45, 7) is 6.49. The molecule has 5 nitrogen and oxygen atoms in total. The van der Waals surface area contributed by atoms with Gasteiger partial charge in [0.1, 0.15) is 0 Å². The van der Waals surface area contributed by atoms with E-state index in [9.17, 15) is 4.79 Å². The molecule has 0 atom stereocenters. The van der Waals surface area contributed by atoms with Crippen molar-refractivity contribution in [1.29, 1.82) is 0 Å². The number of nitrogens with zero attached hydrogens (tertiary/aromatic N) is 4. The maximum Gasteiger partial charge on any atom is 0.246 e. The highest BCUT2D eigenvalue weighted by atomic mass is 16.2. The van der Waals surface area contributed by atoms with Crippen LogP contribution < -0.4 is 4.90 Å². The third-order valence-electron chi connectivity index (χ3n) is 2.65. The molecule has 16 heavy (non-hydrogen) atoms. The van der Waals surface area contributed by atoms with Crippen molar-refractivity contribution in [2.24, 2.45) is 0 Å². The normalized spacial score (nSPS) is 16.0. The number of aromatic nitrogens is 2. The molecule has 2 heterocycles. The molecule has 0 radical (unpaired) electrons. The zero-order valence-corrected chi connectivity index (χ0v) is 9.04. The summed E-state index contributed by atoms with van der Waals surface area (Å²) in [5.41, 5.74) is 0. The zero-order chi connectivity index (χ0) is 11.4. The van der Waals surface area contributed by atoms with Gasteiger partial charge in [-0.25, -0.2) is 0 Å². The maximum atomic E-state index is 11.4. The molecule has 1 aromatic heterocycles. The van der Waals surface area contributed by atoms with Crippen LogP contribution in [0, 0.1) is 0 Å². The predicted octanol–water partition coefficient (Wildman–Crippen LogP) is 0.311. The quantitative estimate of drug-likeness (QED) is 0.670. The van der Waals surface area contributed by atoms with Gasteiger partial charge in [0, 0.05) is 32.4 Å². The van der Waals surface area contributed by atoms with Crippen molar-refractivity contribution in [3.05, 3.63) is 31.0 Å². The van der Waals surface area contributed by atoms with Crippen molar-refractivity contribution in [3.63, 3.8) is 0 Å². The van der Waals surface area contributed by atoms with Crippen LogP contribution in [0.2, 0.25) is 0 Å². The first-order valence-corrected chi connectivity index (χ1v) is 5.25. The van der Waals surface area contributed by atoms with Gasteiger partial charge in [-0.3, -0.25) is 4.79 Å². The Kier molecular flexibility index (Phi) is 3.14. The van der Waals surface area contributed by atoms with E-state index < -0.39 is 0 Å². The Labute approximate surface area is 94.4 Å². The Bertz CT molecular complexity index is 371. The molecule has 0 spiro atoms. The fraction of sp³-hybridized carbons (Fsp3) is 0.364. The van der Waals surface area contributed by atoms with Crippen LogP contribution in [-0.4, -0.2) is 47.2 Å². The van der Waals surface area contributed by atoms with Crippen LogP contribution in [0.5, 0.6) is 0 Å². The molecule has 0 bridgehead atoms. The van der Waals surface area contributed by atoms with Crippen LogP contribution in [-0.2, 0) is 4.79 Å². The van der Waals surface area contributed by atoms with E-state index in [4.69, 9.17) is 0 Å². The summed E-state index contributed by atoms with van der Waals surface area (Å²) in [7, 11) is 0. The van der Waals surface area contributed by atoms with Crippen molar-refractivity contribution < 1.29 is 4.79 Å². The SMILES string of the molecule is C=CC(=O)N1CCN(c2cccnn2)CC1. The molecule has 0 saturated carbocycles. The molecule has 5 heteroatoms. The lowest BCUT2D eigenvalue weighted by molar-refractivity contribution is -0.126. The lowest BCUT2D eigenvalue weighted by Crippen LogP contribution is -2.48. The van der Waals surface area contributed by atoms with Gasteiger partial charge >= 0.3 is 0 Å². The van der Waals surface area contributed by atoms with Gasteiger partial charge in [0.15, 0.2) is 5.82 Å². The minimum atomic E-state index is -0.00111. The van der Waals surface area contributed by atoms with Crippen LogP contribution >= 0.6 is 0 Å². The van der Waals surface area contributed by atoms with Crippen LogP contribution in [0.15, 0.2) is 31.0 Å². The standard InChI is InChI=1S/C11H14N4O/c1-2-11(16)15-8-6-14(7-9-15)10-4-3-5-12-13-10/h2-5H,1,6-9H2. The number of carbonyl (C=O) groups is 1. The summed E-state index contributed by atoms with van der Waals surface area (Å²) in [4.78, 5) is 15.3. The summed E-state index contributed by atoms with van der Waals surface area (Å²) >= 11 is 0. The largest absolute Gasteiger partial charge is 0.352 e. The number of hydrogen-bond acceptors (Lipinski definition) is 4. The molecule has 0 N–H and O–H groups in total. The summed E-state index contributed by atoms with van der Waals surface area (Å²) in [6.07, 6.45) is 3.01. The Morgan fingerprint density at radius 2 is 2.12 bits per heavy atom. The van der Waals surface area contributed by atoms with Gasteiger partial charge in [-0.2, -0.15) is 5.10 Å². The molecule has 1 aliphatic heterocycles. The Balaban J connectivity index is 1.95. The van der Waals surface area contributed by atoms with E-state index in [1.807, 2.05) is 12.1 Å². The molecule has 1 aliphatic rings.